The monoisotopic (exact) mass is 501 g/mol. The molecule has 4 rings (SSSR count). The molecule has 0 spiro atoms. The van der Waals surface area contributed by atoms with E-state index in [0.29, 0.717) is 0 Å². The molecular weight excluding hydrogens is 470 g/mol. The average molecular weight is 503 g/mol. The van der Waals surface area contributed by atoms with Crippen LogP contribution in [0.15, 0.2) is 72.8 Å². The van der Waals surface area contributed by atoms with Gasteiger partial charge in [-0.2, -0.15) is 12.1 Å². The van der Waals surface area contributed by atoms with E-state index in [9.17, 15) is 0 Å². The summed E-state index contributed by atoms with van der Waals surface area (Å²) in [7, 11) is 0.815. The van der Waals surface area contributed by atoms with Gasteiger partial charge in [-0.3, -0.25) is 0 Å². The first-order chi connectivity index (χ1) is 13.2. The van der Waals surface area contributed by atoms with Gasteiger partial charge < -0.3 is 9.41 Å². The Morgan fingerprint density at radius 1 is 0.633 bits per heavy atom. The first kappa shape index (κ1) is 30.8. The number of benzene rings is 2. The third kappa shape index (κ3) is 9.62. The molecule has 0 nitrogen and oxygen atoms in total. The topological polar surface area (TPSA) is 0 Å². The Labute approximate surface area is 202 Å². The Hall–Kier alpha value is -1.38. The number of aryl methyl sites for hydroxylation is 2. The molecule has 4 aromatic carbocycles. The number of hydrogen-bond acceptors (Lipinski definition) is 0. The molecule has 159 valence electrons. The molecule has 0 saturated carbocycles. The molecule has 0 saturated heterocycles. The van der Waals surface area contributed by atoms with Crippen LogP contribution < -0.4 is 9.41 Å². The molecule has 4 heteroatoms. The molecule has 0 heterocycles. The van der Waals surface area contributed by atoms with Crippen molar-refractivity contribution >= 4 is 31.1 Å². The van der Waals surface area contributed by atoms with Crippen LogP contribution in [-0.2, 0) is 39.0 Å². The van der Waals surface area contributed by atoms with Gasteiger partial charge in [0, 0.05) is 9.52 Å². The first-order valence-electron chi connectivity index (χ1n) is 10.3. The van der Waals surface area contributed by atoms with Crippen LogP contribution in [0.4, 0.5) is 0 Å². The molecular formula is C26H33F2SiZr. The fourth-order valence-electron chi connectivity index (χ4n) is 3.13. The summed E-state index contributed by atoms with van der Waals surface area (Å²) >= 11 is 0. The summed E-state index contributed by atoms with van der Waals surface area (Å²) in [5.41, 5.74) is 2.87. The van der Waals surface area contributed by atoms with Crippen LogP contribution in [-0.4, -0.2) is 9.52 Å². The van der Waals surface area contributed by atoms with Crippen LogP contribution >= 0.6 is 0 Å². The van der Waals surface area contributed by atoms with Gasteiger partial charge >= 0.3 is 26.2 Å². The SMILES string of the molecule is CC[SiH]CC.CCc1cc2ccccc2[cH-]1.CCc1cc2ccccc2[cH-]1.[F-].[F-].[Zr+4]. The second-order valence-corrected chi connectivity index (χ2v) is 9.01. The van der Waals surface area contributed by atoms with E-state index in [4.69, 9.17) is 0 Å². The summed E-state index contributed by atoms with van der Waals surface area (Å²) in [6.45, 7) is 8.88. The molecule has 4 aromatic rings. The minimum Gasteiger partial charge on any atom is -1.00 e. The van der Waals surface area contributed by atoms with Gasteiger partial charge in [0.2, 0.25) is 0 Å². The Balaban J connectivity index is 0. The largest absolute Gasteiger partial charge is 4.00 e. The van der Waals surface area contributed by atoms with E-state index in [1.54, 1.807) is 0 Å². The predicted octanol–water partition coefficient (Wildman–Crippen LogP) is 1.55. The molecule has 0 amide bonds. The van der Waals surface area contributed by atoms with E-state index >= 15 is 0 Å². The number of rotatable bonds is 4. The third-order valence-electron chi connectivity index (χ3n) is 4.75. The van der Waals surface area contributed by atoms with Gasteiger partial charge in [-0.15, -0.1) is 81.2 Å². The molecule has 0 N–H and O–H groups in total. The van der Waals surface area contributed by atoms with Crippen molar-refractivity contribution in [2.75, 3.05) is 0 Å². The van der Waals surface area contributed by atoms with E-state index in [1.807, 2.05) is 0 Å². The normalized spacial score (nSPS) is 9.20. The van der Waals surface area contributed by atoms with Crippen LogP contribution in [0, 0.1) is 0 Å². The summed E-state index contributed by atoms with van der Waals surface area (Å²) in [5, 5.41) is 5.46. The van der Waals surface area contributed by atoms with Crippen molar-refractivity contribution in [2.24, 2.45) is 0 Å². The van der Waals surface area contributed by atoms with Gasteiger partial charge in [-0.1, -0.05) is 51.9 Å². The van der Waals surface area contributed by atoms with E-state index < -0.39 is 0 Å². The Morgan fingerprint density at radius 2 is 1.00 bits per heavy atom. The van der Waals surface area contributed by atoms with Crippen LogP contribution in [0.2, 0.25) is 12.1 Å². The number of fused-ring (bicyclic) bond motifs is 2. The zero-order chi connectivity index (χ0) is 19.5. The maximum Gasteiger partial charge on any atom is 4.00 e. The molecule has 0 atom stereocenters. The molecule has 0 aliphatic heterocycles. The molecule has 0 fully saturated rings. The van der Waals surface area contributed by atoms with Gasteiger partial charge in [-0.25, -0.2) is 0 Å². The van der Waals surface area contributed by atoms with Crippen LogP contribution in [0.5, 0.6) is 0 Å². The van der Waals surface area contributed by atoms with Gasteiger partial charge in [0.1, 0.15) is 0 Å². The molecule has 0 aliphatic carbocycles. The van der Waals surface area contributed by atoms with Crippen molar-refractivity contribution < 1.29 is 35.6 Å². The number of halogens is 2. The molecule has 0 bridgehead atoms. The Kier molecular flexibility index (Phi) is 17.8. The van der Waals surface area contributed by atoms with Gasteiger partial charge in [0.15, 0.2) is 0 Å². The summed E-state index contributed by atoms with van der Waals surface area (Å²) in [6, 6.07) is 28.9. The minimum atomic E-state index is 0. The van der Waals surface area contributed by atoms with Crippen molar-refractivity contribution in [3.63, 3.8) is 0 Å². The standard InChI is InChI=1S/2C11H11.C4H11Si.2FH.Zr/c2*1-2-9-7-10-5-3-4-6-11(10)8-9;1-3-5-4-2;;;/h2*3-8H,2H2,1H3;5H,3-4H2,1-2H3;2*1H;/q2*-1;;;;+4/p-2. The van der Waals surface area contributed by atoms with E-state index in [0.717, 1.165) is 22.4 Å². The average Bonchev–Trinajstić information content (AvgIpc) is 3.32. The van der Waals surface area contributed by atoms with Gasteiger partial charge in [0.05, 0.1) is 0 Å². The summed E-state index contributed by atoms with van der Waals surface area (Å²) in [5.74, 6) is 0. The Morgan fingerprint density at radius 3 is 1.27 bits per heavy atom. The van der Waals surface area contributed by atoms with Crippen molar-refractivity contribution in [1.82, 2.24) is 0 Å². The molecule has 30 heavy (non-hydrogen) atoms. The fraction of sp³-hybridized carbons (Fsp3) is 0.308. The van der Waals surface area contributed by atoms with Crippen molar-refractivity contribution in [3.05, 3.63) is 83.9 Å². The quantitative estimate of drug-likeness (QED) is 0.293. The molecule has 0 aliphatic rings. The van der Waals surface area contributed by atoms with E-state index in [-0.39, 0.29) is 35.6 Å². The minimum absolute atomic E-state index is 0. The maximum atomic E-state index is 2.26. The van der Waals surface area contributed by atoms with Gasteiger partial charge in [-0.05, 0) is 12.8 Å². The fourth-order valence-corrected chi connectivity index (χ4v) is 3.70. The molecule has 0 aromatic heterocycles. The van der Waals surface area contributed by atoms with Crippen molar-refractivity contribution in [2.45, 2.75) is 52.6 Å². The second kappa shape index (κ2) is 17.3. The third-order valence-corrected chi connectivity index (χ3v) is 5.90. The molecule has 0 unspecified atom stereocenters. The van der Waals surface area contributed by atoms with Crippen LogP contribution in [0.25, 0.3) is 21.5 Å². The summed E-state index contributed by atoms with van der Waals surface area (Å²) in [4.78, 5) is 0. The molecule has 1 radical (unpaired) electrons. The zero-order valence-corrected chi connectivity index (χ0v) is 22.2. The van der Waals surface area contributed by atoms with Crippen molar-refractivity contribution in [3.8, 4) is 0 Å². The van der Waals surface area contributed by atoms with Crippen LogP contribution in [0.3, 0.4) is 0 Å². The maximum absolute atomic E-state index is 2.26. The Bertz CT molecular complexity index is 785. The van der Waals surface area contributed by atoms with E-state index in [1.165, 1.54) is 44.8 Å². The predicted molar refractivity (Wildman–Crippen MR) is 126 cm³/mol. The number of hydrogen-bond donors (Lipinski definition) is 0. The smallest absolute Gasteiger partial charge is 1.00 e. The summed E-state index contributed by atoms with van der Waals surface area (Å²) in [6.07, 6.45) is 2.27. The van der Waals surface area contributed by atoms with Crippen LogP contribution in [0.1, 0.15) is 38.8 Å². The van der Waals surface area contributed by atoms with Gasteiger partial charge in [0.25, 0.3) is 0 Å². The zero-order valence-electron chi connectivity index (χ0n) is 18.6. The second-order valence-electron chi connectivity index (χ2n) is 6.80. The first-order valence-corrected chi connectivity index (χ1v) is 11.9. The van der Waals surface area contributed by atoms with E-state index in [2.05, 4.69) is 100 Å². The van der Waals surface area contributed by atoms with Crippen molar-refractivity contribution in [1.29, 1.82) is 0 Å². The summed E-state index contributed by atoms with van der Waals surface area (Å²) < 4.78 is 0.